The van der Waals surface area contributed by atoms with Crippen molar-refractivity contribution in [3.05, 3.63) is 16.4 Å². The van der Waals surface area contributed by atoms with Gasteiger partial charge in [0, 0.05) is 6.54 Å². The number of nitrogens with two attached hydrogens (primary N) is 2. The Hall–Kier alpha value is -2.45. The molecule has 0 aliphatic carbocycles. The maximum Gasteiger partial charge on any atom is 0.353 e. The van der Waals surface area contributed by atoms with E-state index in [0.29, 0.717) is 13.0 Å². The van der Waals surface area contributed by atoms with Crippen molar-refractivity contribution in [1.82, 2.24) is 9.97 Å². The topological polar surface area (TPSA) is 141 Å². The monoisotopic (exact) mass is 266 g/mol. The summed E-state index contributed by atoms with van der Waals surface area (Å²) >= 11 is 0. The van der Waals surface area contributed by atoms with E-state index in [0.717, 1.165) is 19.2 Å². The number of aromatic nitrogens is 2. The van der Waals surface area contributed by atoms with Crippen molar-refractivity contribution in [2.45, 2.75) is 25.3 Å². The molecule has 102 valence electrons. The fourth-order valence-electron chi connectivity index (χ4n) is 2.25. The molecule has 9 nitrogen and oxygen atoms in total. The predicted octanol–water partition coefficient (Wildman–Crippen LogP) is -0.189. The summed E-state index contributed by atoms with van der Waals surface area (Å²) in [5.41, 5.74) is 10.5. The number of rotatable bonds is 3. The van der Waals surface area contributed by atoms with Crippen LogP contribution in [0.4, 0.5) is 17.3 Å². The number of carbonyl (C=O) groups excluding carboxylic acids is 1. The third-order valence-electron chi connectivity index (χ3n) is 3.12. The lowest BCUT2D eigenvalue weighted by Gasteiger charge is -2.34. The Bertz CT molecular complexity index is 520. The van der Waals surface area contributed by atoms with E-state index in [4.69, 9.17) is 11.5 Å². The molecule has 19 heavy (non-hydrogen) atoms. The lowest BCUT2D eigenvalue weighted by molar-refractivity contribution is -0.383. The third kappa shape index (κ3) is 2.39. The Balaban J connectivity index is 2.47. The molecule has 2 heterocycles. The molecule has 9 heteroatoms. The molecule has 1 atom stereocenters. The van der Waals surface area contributed by atoms with E-state index in [2.05, 4.69) is 9.97 Å². The molecule has 1 aromatic rings. The van der Waals surface area contributed by atoms with Gasteiger partial charge in [-0.25, -0.2) is 9.97 Å². The molecule has 1 aliphatic rings. The van der Waals surface area contributed by atoms with Crippen LogP contribution in [0.3, 0.4) is 0 Å². The van der Waals surface area contributed by atoms with Crippen LogP contribution in [0.1, 0.15) is 19.3 Å². The zero-order valence-corrected chi connectivity index (χ0v) is 10.2. The Morgan fingerprint density at radius 3 is 2.84 bits per heavy atom. The van der Waals surface area contributed by atoms with E-state index in [1.54, 1.807) is 4.90 Å². The maximum absolute atomic E-state index is 11.4. The van der Waals surface area contributed by atoms with Crippen LogP contribution in [-0.2, 0) is 4.79 Å². The lowest BCUT2D eigenvalue weighted by atomic mass is 10.0. The minimum Gasteiger partial charge on any atom is -0.378 e. The summed E-state index contributed by atoms with van der Waals surface area (Å²) in [6.45, 7) is 0.477. The van der Waals surface area contributed by atoms with Crippen LogP contribution in [-0.4, -0.2) is 33.4 Å². The van der Waals surface area contributed by atoms with E-state index in [-0.39, 0.29) is 17.3 Å². The van der Waals surface area contributed by atoms with Crippen molar-refractivity contribution < 1.29 is 9.72 Å². The molecule has 1 unspecified atom stereocenters. The molecule has 1 fully saturated rings. The molecule has 1 aliphatic heterocycles. The number of carbonyl (C=O) groups is 1. The summed E-state index contributed by atoms with van der Waals surface area (Å²) in [5.74, 6) is -0.684. The van der Waals surface area contributed by atoms with E-state index in [1.807, 2.05) is 0 Å². The van der Waals surface area contributed by atoms with Crippen LogP contribution >= 0.6 is 0 Å². The molecular weight excluding hydrogens is 252 g/mol. The fourth-order valence-corrected chi connectivity index (χ4v) is 2.25. The standard InChI is InChI=1S/C10H14N6O3/c11-8-7(16(18)19)10(14-5-13-8)15-4-2-1-3-6(15)9(12)17/h5-6H,1-4H2,(H2,12,17)(H2,11,13,14). The Labute approximate surface area is 108 Å². The number of nitrogens with zero attached hydrogens (tertiary/aromatic N) is 4. The zero-order valence-electron chi connectivity index (χ0n) is 10.2. The quantitative estimate of drug-likeness (QED) is 0.570. The highest BCUT2D eigenvalue weighted by atomic mass is 16.6. The first-order chi connectivity index (χ1) is 9.02. The molecule has 0 aromatic carbocycles. The van der Waals surface area contributed by atoms with Crippen molar-refractivity contribution in [2.24, 2.45) is 5.73 Å². The molecule has 0 radical (unpaired) electrons. The van der Waals surface area contributed by atoms with Crippen LogP contribution in [0.15, 0.2) is 6.33 Å². The SMILES string of the molecule is NC(=O)C1CCCCN1c1ncnc(N)c1[N+](=O)[O-]. The first-order valence-corrected chi connectivity index (χ1v) is 5.83. The summed E-state index contributed by atoms with van der Waals surface area (Å²) < 4.78 is 0. The van der Waals surface area contributed by atoms with Crippen LogP contribution in [0.25, 0.3) is 0 Å². The van der Waals surface area contributed by atoms with Gasteiger partial charge in [0.1, 0.15) is 12.4 Å². The summed E-state index contributed by atoms with van der Waals surface area (Å²) in [4.78, 5) is 30.9. The second-order valence-electron chi connectivity index (χ2n) is 4.30. The summed E-state index contributed by atoms with van der Waals surface area (Å²) in [6, 6.07) is -0.596. The van der Waals surface area contributed by atoms with Gasteiger partial charge in [-0.05, 0) is 19.3 Å². The molecule has 0 bridgehead atoms. The van der Waals surface area contributed by atoms with Gasteiger partial charge in [0.2, 0.25) is 17.5 Å². The smallest absolute Gasteiger partial charge is 0.353 e. The highest BCUT2D eigenvalue weighted by Gasteiger charge is 2.34. The molecular formula is C10H14N6O3. The van der Waals surface area contributed by atoms with Gasteiger partial charge in [0.25, 0.3) is 0 Å². The Morgan fingerprint density at radius 2 is 2.21 bits per heavy atom. The largest absolute Gasteiger partial charge is 0.378 e. The van der Waals surface area contributed by atoms with Crippen molar-refractivity contribution in [3.8, 4) is 0 Å². The molecule has 2 rings (SSSR count). The van der Waals surface area contributed by atoms with Gasteiger partial charge in [-0.1, -0.05) is 0 Å². The Kier molecular flexibility index (Phi) is 3.45. The number of anilines is 2. The highest BCUT2D eigenvalue weighted by Crippen LogP contribution is 2.33. The van der Waals surface area contributed by atoms with Crippen LogP contribution < -0.4 is 16.4 Å². The first kappa shape index (κ1) is 13.0. The molecule has 1 aromatic heterocycles. The molecule has 4 N–H and O–H groups in total. The predicted molar refractivity (Wildman–Crippen MR) is 67.3 cm³/mol. The first-order valence-electron chi connectivity index (χ1n) is 5.83. The zero-order chi connectivity index (χ0) is 14.0. The molecule has 0 saturated carbocycles. The van der Waals surface area contributed by atoms with Gasteiger partial charge in [0.05, 0.1) is 4.92 Å². The van der Waals surface area contributed by atoms with Crippen LogP contribution in [0.5, 0.6) is 0 Å². The number of hydrogen-bond donors (Lipinski definition) is 2. The van der Waals surface area contributed by atoms with Gasteiger partial charge in [-0.3, -0.25) is 14.9 Å². The van der Waals surface area contributed by atoms with E-state index >= 15 is 0 Å². The molecule has 1 saturated heterocycles. The van der Waals surface area contributed by atoms with Crippen molar-refractivity contribution in [1.29, 1.82) is 0 Å². The molecule has 0 spiro atoms. The van der Waals surface area contributed by atoms with Gasteiger partial charge in [-0.15, -0.1) is 0 Å². The van der Waals surface area contributed by atoms with Gasteiger partial charge < -0.3 is 16.4 Å². The number of amides is 1. The van der Waals surface area contributed by atoms with Crippen LogP contribution in [0.2, 0.25) is 0 Å². The second-order valence-corrected chi connectivity index (χ2v) is 4.30. The number of nitrogen functional groups attached to an aromatic ring is 1. The van der Waals surface area contributed by atoms with Gasteiger partial charge in [0.15, 0.2) is 0 Å². The van der Waals surface area contributed by atoms with E-state index in [9.17, 15) is 14.9 Å². The molecule has 1 amide bonds. The minimum atomic E-state index is -0.642. The fraction of sp³-hybridized carbons (Fsp3) is 0.500. The van der Waals surface area contributed by atoms with Crippen molar-refractivity contribution in [3.63, 3.8) is 0 Å². The second kappa shape index (κ2) is 5.04. The average Bonchev–Trinajstić information content (AvgIpc) is 2.37. The lowest BCUT2D eigenvalue weighted by Crippen LogP contribution is -2.48. The van der Waals surface area contributed by atoms with Gasteiger partial charge in [-0.2, -0.15) is 0 Å². The number of hydrogen-bond acceptors (Lipinski definition) is 7. The average molecular weight is 266 g/mol. The van der Waals surface area contributed by atoms with Gasteiger partial charge >= 0.3 is 5.69 Å². The summed E-state index contributed by atoms with van der Waals surface area (Å²) in [6.07, 6.45) is 3.35. The highest BCUT2D eigenvalue weighted by molar-refractivity contribution is 5.85. The van der Waals surface area contributed by atoms with E-state index in [1.165, 1.54) is 0 Å². The Morgan fingerprint density at radius 1 is 1.47 bits per heavy atom. The summed E-state index contributed by atoms with van der Waals surface area (Å²) in [7, 11) is 0. The minimum absolute atomic E-state index is 0.0565. The van der Waals surface area contributed by atoms with E-state index < -0.39 is 16.9 Å². The maximum atomic E-state index is 11.4. The van der Waals surface area contributed by atoms with Crippen molar-refractivity contribution >= 4 is 23.2 Å². The number of nitro groups is 1. The number of primary amides is 1. The normalized spacial score (nSPS) is 19.2. The van der Waals surface area contributed by atoms with Crippen molar-refractivity contribution in [2.75, 3.05) is 17.2 Å². The third-order valence-corrected chi connectivity index (χ3v) is 3.12. The van der Waals surface area contributed by atoms with Crippen LogP contribution in [0, 0.1) is 10.1 Å². The summed E-state index contributed by atoms with van der Waals surface area (Å²) in [5, 5.41) is 11.1. The number of piperidine rings is 1.